The van der Waals surface area contributed by atoms with E-state index in [0.29, 0.717) is 17.0 Å². The molecule has 0 aliphatic heterocycles. The molecule has 8 nitrogen and oxygen atoms in total. The first-order chi connectivity index (χ1) is 20.7. The molecule has 1 unspecified atom stereocenters. The minimum absolute atomic E-state index is 0.0291. The molecule has 230 valence electrons. The summed E-state index contributed by atoms with van der Waals surface area (Å²) >= 11 is 0. The zero-order chi connectivity index (χ0) is 30.8. The second kappa shape index (κ2) is 15.0. The monoisotopic (exact) mass is 609 g/mol. The molecular weight excluding hydrogens is 569 g/mol. The first kappa shape index (κ1) is 32.0. The fourth-order valence-electron chi connectivity index (χ4n) is 5.48. The minimum Gasteiger partial charge on any atom is -0.497 e. The molecule has 1 N–H and O–H groups in total. The summed E-state index contributed by atoms with van der Waals surface area (Å²) in [6, 6.07) is 21.5. The number of amides is 2. The van der Waals surface area contributed by atoms with Crippen molar-refractivity contribution in [2.45, 2.75) is 63.6 Å². The first-order valence-corrected chi connectivity index (χ1v) is 16.5. The Bertz CT molecular complexity index is 1460. The van der Waals surface area contributed by atoms with Crippen LogP contribution in [-0.2, 0) is 32.6 Å². The molecule has 3 aromatic carbocycles. The van der Waals surface area contributed by atoms with Crippen molar-refractivity contribution in [1.29, 1.82) is 0 Å². The summed E-state index contributed by atoms with van der Waals surface area (Å²) in [4.78, 5) is 29.2. The number of methoxy groups -OCH3 is 1. The predicted octanol–water partition coefficient (Wildman–Crippen LogP) is 5.08. The van der Waals surface area contributed by atoms with Gasteiger partial charge in [-0.05, 0) is 55.2 Å². The average molecular weight is 610 g/mol. The standard InChI is InChI=1S/C33H40FN3O5S/c1-42-29-20-18-28(19-21-29)37(43(2,40)41)22-10-17-32(38)36(24-26-13-6-9-16-30(26)34)31(23-25-11-4-3-5-12-25)33(39)35-27-14-7-8-15-27/h3-6,9,11-13,16,18-21,27,31H,7-8,10,14-15,17,22-24H2,1-2H3,(H,35,39). The number of nitrogens with one attached hydrogen (secondary N) is 1. The van der Waals surface area contributed by atoms with Gasteiger partial charge in [-0.25, -0.2) is 12.8 Å². The highest BCUT2D eigenvalue weighted by Gasteiger charge is 2.32. The largest absolute Gasteiger partial charge is 0.497 e. The third kappa shape index (κ3) is 9.03. The smallest absolute Gasteiger partial charge is 0.243 e. The Balaban J connectivity index is 1.58. The Morgan fingerprint density at radius 3 is 2.26 bits per heavy atom. The lowest BCUT2D eigenvalue weighted by Gasteiger charge is -2.33. The van der Waals surface area contributed by atoms with Crippen LogP contribution < -0.4 is 14.4 Å². The van der Waals surface area contributed by atoms with Gasteiger partial charge in [0, 0.05) is 37.5 Å². The number of rotatable bonds is 14. The topological polar surface area (TPSA) is 96.0 Å². The molecule has 1 aliphatic rings. The van der Waals surface area contributed by atoms with Gasteiger partial charge in [0.05, 0.1) is 19.1 Å². The van der Waals surface area contributed by atoms with Crippen molar-refractivity contribution in [2.75, 3.05) is 24.2 Å². The molecule has 43 heavy (non-hydrogen) atoms. The summed E-state index contributed by atoms with van der Waals surface area (Å²) in [6.07, 6.45) is 5.41. The van der Waals surface area contributed by atoms with Crippen LogP contribution in [0.15, 0.2) is 78.9 Å². The summed E-state index contributed by atoms with van der Waals surface area (Å²) in [5.74, 6) is -0.486. The molecule has 1 saturated carbocycles. The second-order valence-electron chi connectivity index (χ2n) is 10.9. The quantitative estimate of drug-likeness (QED) is 0.275. The highest BCUT2D eigenvalue weighted by molar-refractivity contribution is 7.92. The Morgan fingerprint density at radius 1 is 0.977 bits per heavy atom. The van der Waals surface area contributed by atoms with Crippen LogP contribution in [0.25, 0.3) is 0 Å². The highest BCUT2D eigenvalue weighted by Crippen LogP contribution is 2.24. The molecule has 0 radical (unpaired) electrons. The van der Waals surface area contributed by atoms with Crippen molar-refractivity contribution in [3.8, 4) is 5.75 Å². The highest BCUT2D eigenvalue weighted by atomic mass is 32.2. The fraction of sp³-hybridized carbons (Fsp3) is 0.394. The van der Waals surface area contributed by atoms with Crippen LogP contribution in [0.4, 0.5) is 10.1 Å². The summed E-state index contributed by atoms with van der Waals surface area (Å²) in [5.41, 5.74) is 1.64. The molecule has 0 bridgehead atoms. The number of carbonyl (C=O) groups excluding carboxylic acids is 2. The van der Waals surface area contributed by atoms with Crippen LogP contribution in [-0.4, -0.2) is 57.1 Å². The number of benzene rings is 3. The van der Waals surface area contributed by atoms with Crippen LogP contribution in [0.2, 0.25) is 0 Å². The van der Waals surface area contributed by atoms with Gasteiger partial charge in [-0.1, -0.05) is 61.4 Å². The Labute approximate surface area is 253 Å². The maximum Gasteiger partial charge on any atom is 0.243 e. The van der Waals surface area contributed by atoms with E-state index in [4.69, 9.17) is 4.74 Å². The van der Waals surface area contributed by atoms with Crippen LogP contribution >= 0.6 is 0 Å². The summed E-state index contributed by atoms with van der Waals surface area (Å²) in [6.45, 7) is -0.0303. The number of sulfonamides is 1. The van der Waals surface area contributed by atoms with E-state index in [0.717, 1.165) is 37.5 Å². The average Bonchev–Trinajstić information content (AvgIpc) is 3.51. The van der Waals surface area contributed by atoms with Gasteiger partial charge < -0.3 is 15.0 Å². The third-order valence-electron chi connectivity index (χ3n) is 7.78. The minimum atomic E-state index is -3.64. The maximum absolute atomic E-state index is 14.8. The predicted molar refractivity (Wildman–Crippen MR) is 166 cm³/mol. The number of ether oxygens (including phenoxy) is 1. The Morgan fingerprint density at radius 2 is 1.63 bits per heavy atom. The van der Waals surface area contributed by atoms with Gasteiger partial charge in [0.15, 0.2) is 0 Å². The molecule has 1 fully saturated rings. The molecule has 0 spiro atoms. The van der Waals surface area contributed by atoms with E-state index in [2.05, 4.69) is 5.32 Å². The molecule has 3 aromatic rings. The number of carbonyl (C=O) groups is 2. The number of hydrogen-bond donors (Lipinski definition) is 1. The fourth-order valence-corrected chi connectivity index (χ4v) is 6.45. The van der Waals surface area contributed by atoms with E-state index in [1.54, 1.807) is 42.5 Å². The maximum atomic E-state index is 14.8. The molecular formula is C33H40FN3O5S. The molecule has 0 saturated heterocycles. The van der Waals surface area contributed by atoms with Gasteiger partial charge in [-0.3, -0.25) is 13.9 Å². The summed E-state index contributed by atoms with van der Waals surface area (Å²) < 4.78 is 46.6. The van der Waals surface area contributed by atoms with Gasteiger partial charge >= 0.3 is 0 Å². The van der Waals surface area contributed by atoms with Crippen LogP contribution in [0, 0.1) is 5.82 Å². The molecule has 10 heteroatoms. The Kier molecular flexibility index (Phi) is 11.2. The van der Waals surface area contributed by atoms with E-state index in [1.165, 1.54) is 22.4 Å². The third-order valence-corrected chi connectivity index (χ3v) is 8.98. The first-order valence-electron chi connectivity index (χ1n) is 14.6. The summed E-state index contributed by atoms with van der Waals surface area (Å²) in [7, 11) is -2.11. The second-order valence-corrected chi connectivity index (χ2v) is 12.9. The lowest BCUT2D eigenvalue weighted by atomic mass is 10.0. The van der Waals surface area contributed by atoms with Crippen molar-refractivity contribution in [3.63, 3.8) is 0 Å². The number of anilines is 1. The van der Waals surface area contributed by atoms with Gasteiger partial charge in [0.2, 0.25) is 21.8 Å². The molecule has 2 amide bonds. The van der Waals surface area contributed by atoms with E-state index in [1.807, 2.05) is 30.3 Å². The van der Waals surface area contributed by atoms with E-state index < -0.39 is 21.9 Å². The zero-order valence-corrected chi connectivity index (χ0v) is 25.6. The molecule has 1 aliphatic carbocycles. The van der Waals surface area contributed by atoms with E-state index >= 15 is 0 Å². The van der Waals surface area contributed by atoms with Gasteiger partial charge in [-0.2, -0.15) is 0 Å². The van der Waals surface area contributed by atoms with Crippen molar-refractivity contribution in [2.24, 2.45) is 0 Å². The number of nitrogens with zero attached hydrogens (tertiary/aromatic N) is 2. The van der Waals surface area contributed by atoms with Crippen molar-refractivity contribution in [3.05, 3.63) is 95.8 Å². The van der Waals surface area contributed by atoms with Crippen molar-refractivity contribution < 1.29 is 27.1 Å². The normalized spacial score (nSPS) is 14.2. The van der Waals surface area contributed by atoms with Crippen LogP contribution in [0.5, 0.6) is 5.75 Å². The van der Waals surface area contributed by atoms with Gasteiger partial charge in [0.25, 0.3) is 0 Å². The lowest BCUT2D eigenvalue weighted by molar-refractivity contribution is -0.141. The van der Waals surface area contributed by atoms with E-state index in [9.17, 15) is 22.4 Å². The van der Waals surface area contributed by atoms with Gasteiger partial charge in [0.1, 0.15) is 17.6 Å². The SMILES string of the molecule is COc1ccc(N(CCCC(=O)N(Cc2ccccc2F)C(Cc2ccccc2)C(=O)NC2CCCC2)S(C)(=O)=O)cc1. The molecule has 0 aromatic heterocycles. The van der Waals surface area contributed by atoms with Gasteiger partial charge in [-0.15, -0.1) is 0 Å². The van der Waals surface area contributed by atoms with E-state index in [-0.39, 0.29) is 50.2 Å². The van der Waals surface area contributed by atoms with Crippen LogP contribution in [0.1, 0.15) is 49.7 Å². The lowest BCUT2D eigenvalue weighted by Crippen LogP contribution is -2.52. The molecule has 1 atom stereocenters. The summed E-state index contributed by atoms with van der Waals surface area (Å²) in [5, 5.41) is 3.14. The Hall–Kier alpha value is -3.92. The van der Waals surface area contributed by atoms with Crippen molar-refractivity contribution in [1.82, 2.24) is 10.2 Å². The molecule has 0 heterocycles. The number of halogens is 1. The van der Waals surface area contributed by atoms with Crippen molar-refractivity contribution >= 4 is 27.5 Å². The number of hydrogen-bond acceptors (Lipinski definition) is 5. The van der Waals surface area contributed by atoms with Crippen LogP contribution in [0.3, 0.4) is 0 Å². The zero-order valence-electron chi connectivity index (χ0n) is 24.7. The molecule has 4 rings (SSSR count).